The molecule has 13 heteroatoms. The van der Waals surface area contributed by atoms with E-state index in [9.17, 15) is 14.0 Å². The molecule has 4 aromatic rings. The van der Waals surface area contributed by atoms with Crippen molar-refractivity contribution in [3.05, 3.63) is 95.6 Å². The average Bonchev–Trinajstić information content (AvgIpc) is 3.48. The van der Waals surface area contributed by atoms with Crippen molar-refractivity contribution in [2.75, 3.05) is 19.0 Å². The first-order valence-electron chi connectivity index (χ1n) is 14.2. The Morgan fingerprint density at radius 3 is 2.71 bits per heavy atom. The lowest BCUT2D eigenvalue weighted by atomic mass is 10.0. The molecule has 2 amide bonds. The van der Waals surface area contributed by atoms with Crippen LogP contribution in [0.2, 0.25) is 0 Å². The Morgan fingerprint density at radius 1 is 1.11 bits per heavy atom. The van der Waals surface area contributed by atoms with Gasteiger partial charge in [-0.1, -0.05) is 24.4 Å². The molecule has 0 unspecified atom stereocenters. The second kappa shape index (κ2) is 13.3. The zero-order chi connectivity index (χ0) is 32.1. The third kappa shape index (κ3) is 7.20. The number of thiocarbonyl (C=S) groups is 1. The van der Waals surface area contributed by atoms with E-state index >= 15 is 0 Å². The Kier molecular flexibility index (Phi) is 9.28. The van der Waals surface area contributed by atoms with Crippen LogP contribution < -0.4 is 20.1 Å². The van der Waals surface area contributed by atoms with E-state index in [1.807, 2.05) is 35.0 Å². The first kappa shape index (κ1) is 31.4. The van der Waals surface area contributed by atoms with Crippen LogP contribution in [0.25, 0.3) is 5.65 Å². The normalized spacial score (nSPS) is 13.5. The van der Waals surface area contributed by atoms with E-state index in [4.69, 9.17) is 26.4 Å². The molecule has 0 saturated heterocycles. The minimum absolute atomic E-state index is 0.0151. The predicted octanol–water partition coefficient (Wildman–Crippen LogP) is 5.41. The summed E-state index contributed by atoms with van der Waals surface area (Å²) < 4.78 is 33.1. The lowest BCUT2D eigenvalue weighted by Crippen LogP contribution is -2.47. The number of imide groups is 1. The fourth-order valence-electron chi connectivity index (χ4n) is 4.78. The summed E-state index contributed by atoms with van der Waals surface area (Å²) in [6.45, 7) is 5.75. The number of carbonyl (C=O) groups is 2. The molecule has 0 saturated carbocycles. The molecule has 0 atom stereocenters. The van der Waals surface area contributed by atoms with Gasteiger partial charge in [0, 0.05) is 61.1 Å². The van der Waals surface area contributed by atoms with Crippen molar-refractivity contribution in [1.29, 1.82) is 0 Å². The summed E-state index contributed by atoms with van der Waals surface area (Å²) >= 11 is 5.66. The number of nitrogens with one attached hydrogen (secondary N) is 2. The van der Waals surface area contributed by atoms with Gasteiger partial charge >= 0.3 is 6.09 Å². The maximum atomic E-state index is 14.4. The number of aromatic nitrogens is 3. The van der Waals surface area contributed by atoms with Gasteiger partial charge in [0.1, 0.15) is 28.6 Å². The van der Waals surface area contributed by atoms with Gasteiger partial charge in [-0.25, -0.2) is 19.1 Å². The van der Waals surface area contributed by atoms with Crippen molar-refractivity contribution in [3.8, 4) is 11.5 Å². The summed E-state index contributed by atoms with van der Waals surface area (Å²) in [6, 6.07) is 9.99. The Labute approximate surface area is 265 Å². The van der Waals surface area contributed by atoms with Crippen molar-refractivity contribution in [2.45, 2.75) is 45.9 Å². The lowest BCUT2D eigenvalue weighted by Gasteiger charge is -2.31. The van der Waals surface area contributed by atoms with Crippen LogP contribution in [-0.4, -0.2) is 55.5 Å². The number of nitrogens with zero attached hydrogens (tertiary/aromatic N) is 4. The Hall–Kier alpha value is -5.04. The van der Waals surface area contributed by atoms with E-state index < -0.39 is 23.4 Å². The number of para-hydroxylation sites is 1. The number of hydrogen-bond acceptors (Lipinski definition) is 9. The molecule has 0 bridgehead atoms. The number of rotatable bonds is 9. The second-order valence-corrected chi connectivity index (χ2v) is 11.5. The molecule has 1 aliphatic rings. The van der Waals surface area contributed by atoms with Crippen LogP contribution in [0.3, 0.4) is 0 Å². The van der Waals surface area contributed by atoms with Gasteiger partial charge in [0.15, 0.2) is 11.6 Å². The minimum Gasteiger partial charge on any atom is -0.492 e. The van der Waals surface area contributed by atoms with Crippen LogP contribution >= 0.6 is 12.2 Å². The first-order chi connectivity index (χ1) is 21.6. The summed E-state index contributed by atoms with van der Waals surface area (Å²) in [7, 11) is 1.33. The Balaban J connectivity index is 1.40. The van der Waals surface area contributed by atoms with Gasteiger partial charge in [-0.05, 0) is 45.0 Å². The highest BCUT2D eigenvalue weighted by molar-refractivity contribution is 7.81. The maximum absolute atomic E-state index is 14.4. The lowest BCUT2D eigenvalue weighted by molar-refractivity contribution is -0.126. The Bertz CT molecular complexity index is 1780. The van der Waals surface area contributed by atoms with Crippen molar-refractivity contribution in [1.82, 2.24) is 24.6 Å². The summed E-state index contributed by atoms with van der Waals surface area (Å²) in [5, 5.41) is 6.25. The molecule has 5 rings (SSSR count). The number of hydrogen-bond donors (Lipinski definition) is 2. The summed E-state index contributed by atoms with van der Waals surface area (Å²) in [4.78, 5) is 36.4. The molecule has 0 radical (unpaired) electrons. The number of ether oxygens (including phenoxy) is 3. The highest BCUT2D eigenvalue weighted by Gasteiger charge is 2.36. The molecule has 0 fully saturated rings. The maximum Gasteiger partial charge on any atom is 0.417 e. The van der Waals surface area contributed by atoms with Crippen LogP contribution in [0, 0.1) is 5.82 Å². The number of fused-ring (bicyclic) bond motifs is 1. The summed E-state index contributed by atoms with van der Waals surface area (Å²) in [6.07, 6.45) is 8.25. The highest BCUT2D eigenvalue weighted by atomic mass is 32.1. The summed E-state index contributed by atoms with van der Waals surface area (Å²) in [5.41, 5.74) is 2.44. The third-order valence-corrected chi connectivity index (χ3v) is 7.16. The van der Waals surface area contributed by atoms with Crippen LogP contribution in [0.1, 0.15) is 38.3 Å². The number of halogens is 1. The molecule has 3 aromatic heterocycles. The fraction of sp³-hybridized carbons (Fsp3) is 0.281. The van der Waals surface area contributed by atoms with Crippen molar-refractivity contribution in [3.63, 3.8) is 0 Å². The molecule has 0 aliphatic carbocycles. The van der Waals surface area contributed by atoms with E-state index in [2.05, 4.69) is 20.6 Å². The highest BCUT2D eigenvalue weighted by Crippen LogP contribution is 2.30. The van der Waals surface area contributed by atoms with E-state index in [0.717, 1.165) is 21.7 Å². The molecular weight excluding hydrogens is 599 g/mol. The molecular formula is C32H33FN6O5S. The zero-order valence-corrected chi connectivity index (χ0v) is 26.1. The SMILES string of the molecule is COc1c(F)cccc1NC(=S)C1=C(NCc2ccncc2OCc2cccn3ccnc23)CCN(C(=O)OC(C)(C)C)C1=O. The minimum atomic E-state index is -0.811. The van der Waals surface area contributed by atoms with Crippen LogP contribution in [-0.2, 0) is 22.7 Å². The fourth-order valence-corrected chi connectivity index (χ4v) is 5.10. The largest absolute Gasteiger partial charge is 0.492 e. The van der Waals surface area contributed by atoms with Gasteiger partial charge in [0.2, 0.25) is 0 Å². The van der Waals surface area contributed by atoms with Gasteiger partial charge in [-0.3, -0.25) is 9.78 Å². The number of carbonyl (C=O) groups excluding carboxylic acids is 2. The monoisotopic (exact) mass is 632 g/mol. The van der Waals surface area contributed by atoms with Gasteiger partial charge in [0.25, 0.3) is 5.91 Å². The number of imidazole rings is 1. The van der Waals surface area contributed by atoms with Gasteiger partial charge in [-0.2, -0.15) is 0 Å². The number of amides is 2. The average molecular weight is 633 g/mol. The van der Waals surface area contributed by atoms with Crippen molar-refractivity contribution < 1.29 is 28.2 Å². The molecule has 45 heavy (non-hydrogen) atoms. The third-order valence-electron chi connectivity index (χ3n) is 6.85. The van der Waals surface area contributed by atoms with Gasteiger partial charge in [0.05, 0.1) is 24.6 Å². The number of benzene rings is 1. The molecule has 234 valence electrons. The first-order valence-corrected chi connectivity index (χ1v) is 14.6. The predicted molar refractivity (Wildman–Crippen MR) is 169 cm³/mol. The van der Waals surface area contributed by atoms with Crippen LogP contribution in [0.4, 0.5) is 14.9 Å². The van der Waals surface area contributed by atoms with E-state index in [1.165, 1.54) is 19.2 Å². The van der Waals surface area contributed by atoms with Crippen molar-refractivity contribution in [2.24, 2.45) is 0 Å². The topological polar surface area (TPSA) is 119 Å². The standard InChI is InChI=1S/C32H33FN6O5S/c1-32(2,3)44-31(41)39-15-11-23(26(30(39)40)29(45)37-24-9-5-8-22(33)27(24)42-4)36-17-20-10-12-34-18-25(20)43-19-21-7-6-14-38-16-13-35-28(21)38/h5-10,12-14,16,18,36H,11,15,17,19H2,1-4H3,(H,37,45). The number of anilines is 1. The molecule has 0 spiro atoms. The Morgan fingerprint density at radius 2 is 1.93 bits per heavy atom. The zero-order valence-electron chi connectivity index (χ0n) is 25.3. The molecule has 1 aliphatic heterocycles. The number of methoxy groups -OCH3 is 1. The van der Waals surface area contributed by atoms with E-state index in [-0.39, 0.29) is 48.1 Å². The number of pyridine rings is 2. The smallest absolute Gasteiger partial charge is 0.417 e. The molecule has 2 N–H and O–H groups in total. The van der Waals surface area contributed by atoms with Gasteiger partial charge < -0.3 is 29.2 Å². The van der Waals surface area contributed by atoms with Gasteiger partial charge in [-0.15, -0.1) is 0 Å². The molecule has 4 heterocycles. The second-order valence-electron chi connectivity index (χ2n) is 11.1. The molecule has 11 nitrogen and oxygen atoms in total. The quantitative estimate of drug-likeness (QED) is 0.232. The van der Waals surface area contributed by atoms with E-state index in [0.29, 0.717) is 11.4 Å². The van der Waals surface area contributed by atoms with Crippen LogP contribution in [0.15, 0.2) is 78.7 Å². The summed E-state index contributed by atoms with van der Waals surface area (Å²) in [5.74, 6) is -0.766. The molecule has 1 aromatic carbocycles. The van der Waals surface area contributed by atoms with E-state index in [1.54, 1.807) is 45.4 Å². The van der Waals surface area contributed by atoms with Crippen LogP contribution in [0.5, 0.6) is 11.5 Å². The van der Waals surface area contributed by atoms with Crippen molar-refractivity contribution >= 4 is 40.5 Å².